The summed E-state index contributed by atoms with van der Waals surface area (Å²) >= 11 is 0. The fourth-order valence-electron chi connectivity index (χ4n) is 10.5. The van der Waals surface area contributed by atoms with E-state index in [-0.39, 0.29) is 52.1 Å². The Labute approximate surface area is 423 Å². The quantitative estimate of drug-likeness (QED) is 0.101. The molecule has 13 aromatic rings. The van der Waals surface area contributed by atoms with Gasteiger partial charge in [0.05, 0.1) is 46.9 Å². The predicted molar refractivity (Wildman–Crippen MR) is 295 cm³/mol. The Morgan fingerprint density at radius 2 is 0.768 bits per heavy atom. The average Bonchev–Trinajstić information content (AvgIpc) is 1.98. The molecule has 3 heteroatoms. The zero-order valence-corrected chi connectivity index (χ0v) is 37.9. The van der Waals surface area contributed by atoms with Crippen molar-refractivity contribution in [3.63, 3.8) is 0 Å². The van der Waals surface area contributed by atoms with E-state index in [4.69, 9.17) is 13.7 Å². The van der Waals surface area contributed by atoms with Gasteiger partial charge in [0.1, 0.15) is 0 Å². The van der Waals surface area contributed by atoms with Gasteiger partial charge in [0.25, 0.3) is 0 Å². The van der Waals surface area contributed by atoms with Crippen molar-refractivity contribution in [2.45, 2.75) is 0 Å². The first kappa shape index (κ1) is 28.4. The molecule has 0 unspecified atom stereocenters. The third-order valence-corrected chi connectivity index (χ3v) is 18.1. The molecular formula is C66H46N2Si. The topological polar surface area (TPSA) is 9.86 Å². The first-order chi connectivity index (χ1) is 40.1. The van der Waals surface area contributed by atoms with Gasteiger partial charge in [-0.1, -0.05) is 236 Å². The van der Waals surface area contributed by atoms with Gasteiger partial charge in [-0.15, -0.1) is 0 Å². The summed E-state index contributed by atoms with van der Waals surface area (Å²) in [7, 11) is -3.66. The van der Waals surface area contributed by atoms with Crippen molar-refractivity contribution in [1.29, 1.82) is 0 Å². The minimum atomic E-state index is -3.66. The van der Waals surface area contributed by atoms with Gasteiger partial charge in [-0.3, -0.25) is 0 Å². The summed E-state index contributed by atoms with van der Waals surface area (Å²) in [5.74, 6) is 0. The van der Waals surface area contributed by atoms with Gasteiger partial charge in [-0.2, -0.15) is 0 Å². The molecule has 324 valence electrons. The zero-order chi connectivity index (χ0) is 57.9. The molecule has 0 aliphatic carbocycles. The highest BCUT2D eigenvalue weighted by atomic mass is 28.3. The van der Waals surface area contributed by atoms with Gasteiger partial charge in [0, 0.05) is 38.4 Å². The standard InChI is InChI=1S/C66H46N2Si/c1-6-23-47(24-7-1)59-45-55(69(52-29-10-3-11-30-52,53-31-12-4-13-32-53)54-33-14-5-15-34-54)46-60(48-25-8-2-9-26-48)66(59)68-64-40-21-18-37-58(64)61-44-50(41-42-65(61)68)49-27-22-28-51(43-49)67-62-38-19-16-35-56(62)57-36-17-20-39-63(57)67/h1-46H/i1D,2D,6D,7D,8D,9D,16D,19D,23D,24D,25D,26D,35D,38D. The molecule has 0 radical (unpaired) electrons. The summed E-state index contributed by atoms with van der Waals surface area (Å²) in [5.41, 5.74) is 4.75. The maximum atomic E-state index is 9.75. The normalized spacial score (nSPS) is 14.6. The molecule has 0 aliphatic rings. The Morgan fingerprint density at radius 3 is 1.36 bits per heavy atom. The smallest absolute Gasteiger partial charge is 0.179 e. The van der Waals surface area contributed by atoms with Crippen molar-refractivity contribution in [3.05, 3.63) is 279 Å². The molecule has 0 N–H and O–H groups in total. The van der Waals surface area contributed by atoms with Crippen LogP contribution < -0.4 is 20.7 Å². The number of nitrogens with zero attached hydrogens (tertiary/aromatic N) is 2. The molecule has 2 nitrogen and oxygen atoms in total. The fraction of sp³-hybridized carbons (Fsp3) is 0. The number of aromatic nitrogens is 2. The van der Waals surface area contributed by atoms with Crippen LogP contribution in [-0.2, 0) is 0 Å². The number of hydrogen-bond acceptors (Lipinski definition) is 0. The molecule has 0 saturated heterocycles. The third kappa shape index (κ3) is 6.62. The highest BCUT2D eigenvalue weighted by Crippen LogP contribution is 2.43. The van der Waals surface area contributed by atoms with Crippen molar-refractivity contribution in [3.8, 4) is 44.8 Å². The van der Waals surface area contributed by atoms with Gasteiger partial charge < -0.3 is 9.13 Å². The maximum Gasteiger partial charge on any atom is 0.179 e. The number of rotatable bonds is 9. The van der Waals surface area contributed by atoms with E-state index < -0.39 is 68.5 Å². The molecule has 0 fully saturated rings. The molecule has 0 atom stereocenters. The van der Waals surface area contributed by atoms with E-state index in [9.17, 15) is 5.48 Å². The number of para-hydroxylation sites is 3. The van der Waals surface area contributed by atoms with Crippen LogP contribution in [0.15, 0.2) is 279 Å². The molecule has 13 rings (SSSR count). The molecule has 0 spiro atoms. The molecule has 0 saturated carbocycles. The molecule has 2 heterocycles. The monoisotopic (exact) mass is 908 g/mol. The van der Waals surface area contributed by atoms with Crippen molar-refractivity contribution in [2.24, 2.45) is 0 Å². The van der Waals surface area contributed by atoms with Gasteiger partial charge in [-0.25, -0.2) is 0 Å². The van der Waals surface area contributed by atoms with E-state index in [1.165, 1.54) is 0 Å². The molecule has 11 aromatic carbocycles. The maximum absolute atomic E-state index is 9.75. The van der Waals surface area contributed by atoms with Crippen molar-refractivity contribution in [2.75, 3.05) is 0 Å². The number of hydrogen-bond donors (Lipinski definition) is 0. The average molecular weight is 909 g/mol. The second-order valence-corrected chi connectivity index (χ2v) is 20.8. The van der Waals surface area contributed by atoms with E-state index in [2.05, 4.69) is 36.4 Å². The lowest BCUT2D eigenvalue weighted by atomic mass is 9.95. The van der Waals surface area contributed by atoms with Crippen molar-refractivity contribution >= 4 is 72.4 Å². The van der Waals surface area contributed by atoms with Crippen molar-refractivity contribution in [1.82, 2.24) is 9.13 Å². The number of benzene rings is 11. The van der Waals surface area contributed by atoms with E-state index in [1.807, 2.05) is 167 Å². The van der Waals surface area contributed by atoms with E-state index in [0.29, 0.717) is 43.7 Å². The second-order valence-electron chi connectivity index (χ2n) is 17.0. The summed E-state index contributed by atoms with van der Waals surface area (Å²) in [4.78, 5) is 0. The van der Waals surface area contributed by atoms with Crippen LogP contribution in [0.4, 0.5) is 0 Å². The summed E-state index contributed by atoms with van der Waals surface area (Å²) in [6.07, 6.45) is 0. The Bertz CT molecular complexity index is 4610. The molecular weight excluding hydrogens is 849 g/mol. The van der Waals surface area contributed by atoms with Gasteiger partial charge in [-0.05, 0) is 85.4 Å². The Kier molecular flexibility index (Phi) is 6.94. The molecule has 0 bridgehead atoms. The first-order valence-corrected chi connectivity index (χ1v) is 24.7. The van der Waals surface area contributed by atoms with Crippen LogP contribution in [0.2, 0.25) is 0 Å². The largest absolute Gasteiger partial charge is 0.309 e. The highest BCUT2D eigenvalue weighted by molar-refractivity contribution is 7.20. The third-order valence-electron chi connectivity index (χ3n) is 13.3. The Morgan fingerprint density at radius 1 is 0.290 bits per heavy atom. The molecule has 0 amide bonds. The van der Waals surface area contributed by atoms with Gasteiger partial charge in [0.2, 0.25) is 0 Å². The number of fused-ring (bicyclic) bond motifs is 6. The zero-order valence-electron chi connectivity index (χ0n) is 50.9. The SMILES string of the molecule is [2H]c1c([2H])c([2H])c(-c2cc([Si](c3ccccc3)(c3ccccc3)c3ccccc3)cc(-c3c([2H])c([2H])c([2H])c([2H])c3[2H])c2-n2c3ccccc3c3cc(-c4cccc(-n5c6ccccc6c6c([2H])c([2H])c([2H])c([2H])c65)c4)ccc32)c([2H])c1[2H]. The lowest BCUT2D eigenvalue weighted by Gasteiger charge is -2.36. The van der Waals surface area contributed by atoms with Crippen LogP contribution in [0.1, 0.15) is 19.2 Å². The van der Waals surface area contributed by atoms with Crippen LogP contribution in [0.3, 0.4) is 0 Å². The lowest BCUT2D eigenvalue weighted by molar-refractivity contribution is 1.18. The van der Waals surface area contributed by atoms with Crippen LogP contribution in [0.5, 0.6) is 0 Å². The summed E-state index contributed by atoms with van der Waals surface area (Å²) in [5, 5.41) is 6.03. The Balaban J connectivity index is 1.17. The minimum absolute atomic E-state index is 0.127. The van der Waals surface area contributed by atoms with Crippen LogP contribution in [0, 0.1) is 0 Å². The van der Waals surface area contributed by atoms with Crippen molar-refractivity contribution < 1.29 is 19.2 Å². The molecule has 2 aromatic heterocycles. The van der Waals surface area contributed by atoms with Crippen LogP contribution in [0.25, 0.3) is 88.4 Å². The predicted octanol–water partition coefficient (Wildman–Crippen LogP) is 14.3. The molecule has 69 heavy (non-hydrogen) atoms. The summed E-state index contributed by atoms with van der Waals surface area (Å²) < 4.78 is 132. The van der Waals surface area contributed by atoms with E-state index >= 15 is 0 Å². The minimum Gasteiger partial charge on any atom is -0.309 e. The van der Waals surface area contributed by atoms with Gasteiger partial charge >= 0.3 is 0 Å². The summed E-state index contributed by atoms with van der Waals surface area (Å²) in [6.45, 7) is 0. The molecule has 0 aliphatic heterocycles. The first-order valence-electron chi connectivity index (χ1n) is 29.7. The highest BCUT2D eigenvalue weighted by Gasteiger charge is 2.42. The lowest BCUT2D eigenvalue weighted by Crippen LogP contribution is -2.74. The van der Waals surface area contributed by atoms with Gasteiger partial charge in [0.15, 0.2) is 8.07 Å². The Hall–Kier alpha value is -8.76. The van der Waals surface area contributed by atoms with E-state index in [0.717, 1.165) is 37.5 Å². The fourth-order valence-corrected chi connectivity index (χ4v) is 15.3. The van der Waals surface area contributed by atoms with Crippen LogP contribution >= 0.6 is 0 Å². The van der Waals surface area contributed by atoms with E-state index in [1.54, 1.807) is 0 Å². The van der Waals surface area contributed by atoms with Crippen LogP contribution in [-0.4, -0.2) is 17.2 Å². The second kappa shape index (κ2) is 16.8. The summed E-state index contributed by atoms with van der Waals surface area (Å²) in [6, 6.07) is 56.0.